The van der Waals surface area contributed by atoms with Gasteiger partial charge in [0.25, 0.3) is 0 Å². The zero-order chi connectivity index (χ0) is 13.8. The van der Waals surface area contributed by atoms with Crippen molar-refractivity contribution in [2.45, 2.75) is 19.4 Å². The van der Waals surface area contributed by atoms with Gasteiger partial charge in [-0.2, -0.15) is 0 Å². The second-order valence-electron chi connectivity index (χ2n) is 4.23. The van der Waals surface area contributed by atoms with Crippen LogP contribution in [0.25, 0.3) is 10.9 Å². The van der Waals surface area contributed by atoms with E-state index in [1.165, 1.54) is 0 Å². The Morgan fingerprint density at radius 3 is 2.84 bits per heavy atom. The first-order valence-corrected chi connectivity index (χ1v) is 5.91. The Labute approximate surface area is 109 Å². The molecule has 4 N–H and O–H groups in total. The third-order valence-electron chi connectivity index (χ3n) is 2.99. The minimum absolute atomic E-state index is 0.0638. The summed E-state index contributed by atoms with van der Waals surface area (Å²) in [6.07, 6.45) is 2.58. The predicted molar refractivity (Wildman–Crippen MR) is 71.3 cm³/mol. The van der Waals surface area contributed by atoms with Crippen LogP contribution in [0, 0.1) is 0 Å². The van der Waals surface area contributed by atoms with E-state index in [9.17, 15) is 4.79 Å². The highest BCUT2D eigenvalue weighted by Crippen LogP contribution is 2.20. The number of aliphatic carboxylic acids is 1. The monoisotopic (exact) mass is 261 g/mol. The first-order valence-electron chi connectivity index (χ1n) is 5.91. The summed E-state index contributed by atoms with van der Waals surface area (Å²) < 4.78 is 1.96. The second-order valence-corrected chi connectivity index (χ2v) is 4.23. The smallest absolute Gasteiger partial charge is 0.303 e. The number of fused-ring (bicyclic) bond motifs is 1. The lowest BCUT2D eigenvalue weighted by Gasteiger charge is -2.05. The molecule has 1 heterocycles. The number of aromatic nitrogens is 1. The lowest BCUT2D eigenvalue weighted by atomic mass is 10.1. The average Bonchev–Trinajstić information content (AvgIpc) is 2.81. The quantitative estimate of drug-likeness (QED) is 0.329. The van der Waals surface area contributed by atoms with Crippen molar-refractivity contribution in [2.75, 3.05) is 0 Å². The standard InChI is InChI=1S/C13H15N3O3/c14-13(15-19)10-3-1-4-11-9(10)6-8-16(11)7-2-5-12(17)18/h1,3-4,6,8,19H,2,5,7H2,(H2,14,15)(H,17,18). The predicted octanol–water partition coefficient (Wildman–Crippen LogP) is 1.60. The topological polar surface area (TPSA) is 101 Å². The number of amidine groups is 1. The van der Waals surface area contributed by atoms with E-state index in [1.54, 1.807) is 6.07 Å². The Kier molecular flexibility index (Phi) is 3.70. The number of hydrogen-bond donors (Lipinski definition) is 3. The highest BCUT2D eigenvalue weighted by molar-refractivity contribution is 6.08. The van der Waals surface area contributed by atoms with E-state index in [-0.39, 0.29) is 12.3 Å². The van der Waals surface area contributed by atoms with Crippen molar-refractivity contribution in [3.05, 3.63) is 36.0 Å². The summed E-state index contributed by atoms with van der Waals surface area (Å²) in [4.78, 5) is 10.5. The van der Waals surface area contributed by atoms with Crippen molar-refractivity contribution in [3.8, 4) is 0 Å². The summed E-state index contributed by atoms with van der Waals surface area (Å²) in [5, 5.41) is 21.3. The van der Waals surface area contributed by atoms with E-state index >= 15 is 0 Å². The zero-order valence-corrected chi connectivity index (χ0v) is 10.3. The molecule has 0 saturated heterocycles. The SMILES string of the molecule is NC(=NO)c1cccc2c1ccn2CCCC(=O)O. The van der Waals surface area contributed by atoms with E-state index in [1.807, 2.05) is 29.0 Å². The van der Waals surface area contributed by atoms with Crippen LogP contribution < -0.4 is 5.73 Å². The summed E-state index contributed by atoms with van der Waals surface area (Å²) in [5.74, 6) is -0.734. The third kappa shape index (κ3) is 2.67. The molecule has 19 heavy (non-hydrogen) atoms. The molecule has 0 radical (unpaired) electrons. The maximum Gasteiger partial charge on any atom is 0.303 e. The molecule has 1 aromatic carbocycles. The van der Waals surface area contributed by atoms with Crippen LogP contribution in [0.4, 0.5) is 0 Å². The molecular formula is C13H15N3O3. The molecule has 0 spiro atoms. The fraction of sp³-hybridized carbons (Fsp3) is 0.231. The van der Waals surface area contributed by atoms with E-state index in [4.69, 9.17) is 16.0 Å². The van der Waals surface area contributed by atoms with Crippen molar-refractivity contribution in [3.63, 3.8) is 0 Å². The highest BCUT2D eigenvalue weighted by Gasteiger charge is 2.08. The fourth-order valence-electron chi connectivity index (χ4n) is 2.10. The normalized spacial score (nSPS) is 11.9. The van der Waals surface area contributed by atoms with Crippen molar-refractivity contribution in [1.82, 2.24) is 4.57 Å². The number of rotatable bonds is 5. The Hall–Kier alpha value is -2.50. The van der Waals surface area contributed by atoms with Gasteiger partial charge in [-0.25, -0.2) is 0 Å². The maximum absolute atomic E-state index is 10.5. The van der Waals surface area contributed by atoms with E-state index in [0.717, 1.165) is 10.9 Å². The molecule has 1 aromatic heterocycles. The maximum atomic E-state index is 10.5. The van der Waals surface area contributed by atoms with Crippen LogP contribution in [0.3, 0.4) is 0 Å². The molecule has 0 aliphatic carbocycles. The van der Waals surface area contributed by atoms with Gasteiger partial charge in [-0.05, 0) is 18.6 Å². The van der Waals surface area contributed by atoms with Gasteiger partial charge >= 0.3 is 5.97 Å². The largest absolute Gasteiger partial charge is 0.481 e. The molecule has 0 unspecified atom stereocenters. The Morgan fingerprint density at radius 1 is 1.37 bits per heavy atom. The van der Waals surface area contributed by atoms with Gasteiger partial charge in [0, 0.05) is 35.6 Å². The molecule has 0 amide bonds. The first-order chi connectivity index (χ1) is 9.13. The Bertz CT molecular complexity index is 631. The summed E-state index contributed by atoms with van der Waals surface area (Å²) in [5.41, 5.74) is 7.23. The van der Waals surface area contributed by atoms with Crippen molar-refractivity contribution < 1.29 is 15.1 Å². The second kappa shape index (κ2) is 5.43. The number of hydrogen-bond acceptors (Lipinski definition) is 3. The molecule has 2 aromatic rings. The number of carbonyl (C=O) groups is 1. The molecule has 0 bridgehead atoms. The van der Waals surface area contributed by atoms with Crippen LogP contribution in [0.15, 0.2) is 35.6 Å². The Morgan fingerprint density at radius 2 is 2.16 bits per heavy atom. The van der Waals surface area contributed by atoms with E-state index in [2.05, 4.69) is 5.16 Å². The molecule has 6 heteroatoms. The number of nitrogens with zero attached hydrogens (tertiary/aromatic N) is 2. The zero-order valence-electron chi connectivity index (χ0n) is 10.3. The molecule has 2 rings (SSSR count). The number of aryl methyl sites for hydroxylation is 1. The van der Waals surface area contributed by atoms with E-state index < -0.39 is 5.97 Å². The number of oxime groups is 1. The van der Waals surface area contributed by atoms with Gasteiger partial charge in [0.15, 0.2) is 5.84 Å². The first kappa shape index (κ1) is 12.9. The van der Waals surface area contributed by atoms with Crippen molar-refractivity contribution in [2.24, 2.45) is 10.9 Å². The van der Waals surface area contributed by atoms with E-state index in [0.29, 0.717) is 18.5 Å². The van der Waals surface area contributed by atoms with Crippen LogP contribution in [0.1, 0.15) is 18.4 Å². The molecule has 100 valence electrons. The van der Waals surface area contributed by atoms with Crippen molar-refractivity contribution >= 4 is 22.7 Å². The highest BCUT2D eigenvalue weighted by atomic mass is 16.4. The van der Waals surface area contributed by atoms with Crippen LogP contribution >= 0.6 is 0 Å². The van der Waals surface area contributed by atoms with Gasteiger partial charge in [0.2, 0.25) is 0 Å². The summed E-state index contributed by atoms with van der Waals surface area (Å²) >= 11 is 0. The van der Waals surface area contributed by atoms with Crippen molar-refractivity contribution in [1.29, 1.82) is 0 Å². The third-order valence-corrected chi connectivity index (χ3v) is 2.99. The molecule has 0 aliphatic rings. The number of carboxylic acid groups (broad SMARTS) is 1. The van der Waals surface area contributed by atoms with Gasteiger partial charge in [-0.15, -0.1) is 0 Å². The minimum atomic E-state index is -0.797. The summed E-state index contributed by atoms with van der Waals surface area (Å²) in [7, 11) is 0. The van der Waals surface area contributed by atoms with Gasteiger partial charge in [-0.3, -0.25) is 4.79 Å². The number of carboxylic acids is 1. The molecule has 0 atom stereocenters. The van der Waals surface area contributed by atoms with Crippen LogP contribution in [-0.4, -0.2) is 26.7 Å². The number of nitrogens with two attached hydrogens (primary N) is 1. The minimum Gasteiger partial charge on any atom is -0.481 e. The van der Waals surface area contributed by atoms with Gasteiger partial charge < -0.3 is 20.6 Å². The molecule has 0 aliphatic heterocycles. The Balaban J connectivity index is 2.31. The van der Waals surface area contributed by atoms with Gasteiger partial charge in [0.1, 0.15) is 0 Å². The van der Waals surface area contributed by atoms with Crippen LogP contribution in [-0.2, 0) is 11.3 Å². The summed E-state index contributed by atoms with van der Waals surface area (Å²) in [6, 6.07) is 7.40. The molecular weight excluding hydrogens is 246 g/mol. The lowest BCUT2D eigenvalue weighted by molar-refractivity contribution is -0.137. The lowest BCUT2D eigenvalue weighted by Crippen LogP contribution is -2.13. The molecule has 0 saturated carbocycles. The number of benzene rings is 1. The average molecular weight is 261 g/mol. The van der Waals surface area contributed by atoms with Crippen LogP contribution in [0.2, 0.25) is 0 Å². The van der Waals surface area contributed by atoms with Crippen LogP contribution in [0.5, 0.6) is 0 Å². The van der Waals surface area contributed by atoms with Gasteiger partial charge in [0.05, 0.1) is 0 Å². The van der Waals surface area contributed by atoms with Gasteiger partial charge in [-0.1, -0.05) is 17.3 Å². The fourth-order valence-corrected chi connectivity index (χ4v) is 2.10. The summed E-state index contributed by atoms with van der Waals surface area (Å²) in [6.45, 7) is 0.620. The molecule has 0 fully saturated rings. The molecule has 6 nitrogen and oxygen atoms in total.